The van der Waals surface area contributed by atoms with E-state index in [-0.39, 0.29) is 5.82 Å². The first-order chi connectivity index (χ1) is 9.15. The third-order valence-corrected chi connectivity index (χ3v) is 4.81. The molecule has 0 radical (unpaired) electrons. The SMILES string of the molecule is Cc1cc(F)c(Br)cc1N1CCCNC(C2CC2)C1. The standard InChI is InChI=1S/C15H20BrFN2/c1-10-7-13(17)12(16)8-15(10)19-6-2-5-18-14(9-19)11-3-4-11/h7-8,11,14,18H,2-6,9H2,1H3. The van der Waals surface area contributed by atoms with E-state index in [4.69, 9.17) is 0 Å². The van der Waals surface area contributed by atoms with Crippen molar-refractivity contribution in [3.63, 3.8) is 0 Å². The molecule has 3 rings (SSSR count). The molecule has 1 aliphatic heterocycles. The van der Waals surface area contributed by atoms with Gasteiger partial charge in [-0.3, -0.25) is 0 Å². The van der Waals surface area contributed by atoms with Gasteiger partial charge in [-0.1, -0.05) is 0 Å². The van der Waals surface area contributed by atoms with Crippen LogP contribution in [0.2, 0.25) is 0 Å². The van der Waals surface area contributed by atoms with Gasteiger partial charge < -0.3 is 10.2 Å². The average Bonchev–Trinajstić information content (AvgIpc) is 3.18. The molecule has 0 bridgehead atoms. The number of halogens is 2. The van der Waals surface area contributed by atoms with Gasteiger partial charge in [-0.05, 0) is 72.3 Å². The minimum Gasteiger partial charge on any atom is -0.370 e. The van der Waals surface area contributed by atoms with E-state index in [1.807, 2.05) is 13.0 Å². The second-order valence-corrected chi connectivity index (χ2v) is 6.60. The number of aryl methyl sites for hydroxylation is 1. The molecule has 1 heterocycles. The Labute approximate surface area is 122 Å². The van der Waals surface area contributed by atoms with Gasteiger partial charge in [0.25, 0.3) is 0 Å². The fraction of sp³-hybridized carbons (Fsp3) is 0.600. The van der Waals surface area contributed by atoms with Crippen molar-refractivity contribution in [1.29, 1.82) is 0 Å². The van der Waals surface area contributed by atoms with Gasteiger partial charge in [0.2, 0.25) is 0 Å². The number of rotatable bonds is 2. The van der Waals surface area contributed by atoms with Crippen LogP contribution in [0.3, 0.4) is 0 Å². The summed E-state index contributed by atoms with van der Waals surface area (Å²) in [6.45, 7) is 5.19. The lowest BCUT2D eigenvalue weighted by Gasteiger charge is -2.28. The molecule has 1 saturated carbocycles. The summed E-state index contributed by atoms with van der Waals surface area (Å²) >= 11 is 3.31. The molecule has 0 aromatic heterocycles. The van der Waals surface area contributed by atoms with Gasteiger partial charge in [-0.25, -0.2) is 4.39 Å². The van der Waals surface area contributed by atoms with Gasteiger partial charge in [-0.15, -0.1) is 0 Å². The maximum Gasteiger partial charge on any atom is 0.137 e. The molecule has 1 aromatic rings. The summed E-state index contributed by atoms with van der Waals surface area (Å²) in [5.74, 6) is 0.678. The van der Waals surface area contributed by atoms with Crippen molar-refractivity contribution in [2.24, 2.45) is 5.92 Å². The van der Waals surface area contributed by atoms with E-state index >= 15 is 0 Å². The fourth-order valence-electron chi connectivity index (χ4n) is 2.96. The van der Waals surface area contributed by atoms with Crippen LogP contribution < -0.4 is 10.2 Å². The van der Waals surface area contributed by atoms with Gasteiger partial charge in [0.15, 0.2) is 0 Å². The molecule has 104 valence electrons. The Bertz CT molecular complexity index is 473. The smallest absolute Gasteiger partial charge is 0.137 e. The van der Waals surface area contributed by atoms with Gasteiger partial charge in [-0.2, -0.15) is 0 Å². The van der Waals surface area contributed by atoms with Crippen molar-refractivity contribution in [3.05, 3.63) is 28.0 Å². The number of nitrogens with one attached hydrogen (secondary N) is 1. The molecule has 1 atom stereocenters. The zero-order chi connectivity index (χ0) is 13.4. The van der Waals surface area contributed by atoms with Crippen LogP contribution in [0.4, 0.5) is 10.1 Å². The lowest BCUT2D eigenvalue weighted by Crippen LogP contribution is -2.39. The van der Waals surface area contributed by atoms with E-state index in [0.717, 1.165) is 37.5 Å². The maximum absolute atomic E-state index is 13.5. The molecule has 2 fully saturated rings. The quantitative estimate of drug-likeness (QED) is 0.895. The molecule has 4 heteroatoms. The monoisotopic (exact) mass is 326 g/mol. The van der Waals surface area contributed by atoms with Crippen LogP contribution in [0.25, 0.3) is 0 Å². The minimum atomic E-state index is -0.173. The van der Waals surface area contributed by atoms with Gasteiger partial charge in [0.1, 0.15) is 5.82 Å². The summed E-state index contributed by atoms with van der Waals surface area (Å²) in [7, 11) is 0. The summed E-state index contributed by atoms with van der Waals surface area (Å²) < 4.78 is 14.1. The van der Waals surface area contributed by atoms with Crippen LogP contribution in [-0.2, 0) is 0 Å². The van der Waals surface area contributed by atoms with E-state index < -0.39 is 0 Å². The highest BCUT2D eigenvalue weighted by atomic mass is 79.9. The second kappa shape index (κ2) is 5.41. The Kier molecular flexibility index (Phi) is 3.81. The first-order valence-corrected chi connectivity index (χ1v) is 7.88. The summed E-state index contributed by atoms with van der Waals surface area (Å²) in [6, 6.07) is 4.16. The molecular weight excluding hydrogens is 307 g/mol. The molecule has 2 aliphatic rings. The summed E-state index contributed by atoms with van der Waals surface area (Å²) in [4.78, 5) is 2.42. The Morgan fingerprint density at radius 1 is 1.37 bits per heavy atom. The van der Waals surface area contributed by atoms with E-state index in [1.54, 1.807) is 6.07 Å². The first-order valence-electron chi connectivity index (χ1n) is 7.09. The Balaban J connectivity index is 1.84. The molecule has 0 amide bonds. The van der Waals surface area contributed by atoms with E-state index in [9.17, 15) is 4.39 Å². The third kappa shape index (κ3) is 2.95. The van der Waals surface area contributed by atoms with Crippen LogP contribution in [0.15, 0.2) is 16.6 Å². The van der Waals surface area contributed by atoms with E-state index in [2.05, 4.69) is 26.1 Å². The lowest BCUT2D eigenvalue weighted by molar-refractivity contribution is 0.490. The van der Waals surface area contributed by atoms with Gasteiger partial charge in [0, 0.05) is 24.8 Å². The van der Waals surface area contributed by atoms with Gasteiger partial charge >= 0.3 is 0 Å². The summed E-state index contributed by atoms with van der Waals surface area (Å²) in [5, 5.41) is 3.66. The van der Waals surface area contributed by atoms with Crippen molar-refractivity contribution >= 4 is 21.6 Å². The molecule has 1 aromatic carbocycles. The zero-order valence-corrected chi connectivity index (χ0v) is 12.8. The molecule has 19 heavy (non-hydrogen) atoms. The van der Waals surface area contributed by atoms with E-state index in [0.29, 0.717) is 10.5 Å². The molecule has 1 saturated heterocycles. The number of benzene rings is 1. The molecular formula is C15H20BrFN2. The Morgan fingerprint density at radius 2 is 2.16 bits per heavy atom. The lowest BCUT2D eigenvalue weighted by atomic mass is 10.1. The van der Waals surface area contributed by atoms with Crippen LogP contribution in [0, 0.1) is 18.7 Å². The number of nitrogens with zero attached hydrogens (tertiary/aromatic N) is 1. The minimum absolute atomic E-state index is 0.173. The fourth-order valence-corrected chi connectivity index (χ4v) is 3.29. The van der Waals surface area contributed by atoms with Gasteiger partial charge in [0.05, 0.1) is 4.47 Å². The van der Waals surface area contributed by atoms with Crippen molar-refractivity contribution < 1.29 is 4.39 Å². The maximum atomic E-state index is 13.5. The number of hydrogen-bond donors (Lipinski definition) is 1. The van der Waals surface area contributed by atoms with Crippen molar-refractivity contribution in [3.8, 4) is 0 Å². The largest absolute Gasteiger partial charge is 0.370 e. The van der Waals surface area contributed by atoms with Crippen LogP contribution >= 0.6 is 15.9 Å². The third-order valence-electron chi connectivity index (χ3n) is 4.20. The van der Waals surface area contributed by atoms with Crippen molar-refractivity contribution in [2.45, 2.75) is 32.2 Å². The topological polar surface area (TPSA) is 15.3 Å². The predicted octanol–water partition coefficient (Wildman–Crippen LogP) is 3.47. The highest BCUT2D eigenvalue weighted by Gasteiger charge is 2.33. The van der Waals surface area contributed by atoms with E-state index in [1.165, 1.54) is 18.5 Å². The van der Waals surface area contributed by atoms with Crippen LogP contribution in [-0.4, -0.2) is 25.7 Å². The predicted molar refractivity (Wildman–Crippen MR) is 80.2 cm³/mol. The average molecular weight is 327 g/mol. The van der Waals surface area contributed by atoms with Crippen molar-refractivity contribution in [2.75, 3.05) is 24.5 Å². The highest BCUT2D eigenvalue weighted by molar-refractivity contribution is 9.10. The van der Waals surface area contributed by atoms with Crippen LogP contribution in [0.1, 0.15) is 24.8 Å². The number of hydrogen-bond acceptors (Lipinski definition) is 2. The molecule has 1 unspecified atom stereocenters. The molecule has 1 aliphatic carbocycles. The molecule has 0 spiro atoms. The first kappa shape index (κ1) is 13.4. The molecule has 1 N–H and O–H groups in total. The zero-order valence-electron chi connectivity index (χ0n) is 11.3. The highest BCUT2D eigenvalue weighted by Crippen LogP contribution is 2.35. The van der Waals surface area contributed by atoms with Crippen LogP contribution in [0.5, 0.6) is 0 Å². The Hall–Kier alpha value is -0.610. The number of anilines is 1. The summed E-state index contributed by atoms with van der Waals surface area (Å²) in [6.07, 6.45) is 3.87. The normalized spacial score (nSPS) is 24.4. The summed E-state index contributed by atoms with van der Waals surface area (Å²) in [5.41, 5.74) is 2.19. The molecule has 2 nitrogen and oxygen atoms in total. The Morgan fingerprint density at radius 3 is 2.89 bits per heavy atom. The van der Waals surface area contributed by atoms with Crippen molar-refractivity contribution in [1.82, 2.24) is 5.32 Å². The second-order valence-electron chi connectivity index (χ2n) is 5.75.